The number of nitrogens with zero attached hydrogens (tertiary/aromatic N) is 3. The van der Waals surface area contributed by atoms with Gasteiger partial charge >= 0.3 is 10.2 Å². The van der Waals surface area contributed by atoms with E-state index in [1.807, 2.05) is 13.8 Å². The average molecular weight is 523 g/mol. The summed E-state index contributed by atoms with van der Waals surface area (Å²) in [6.07, 6.45) is 0.699. The minimum absolute atomic E-state index is 0.0122. The number of carbonyl (C=O) groups excluding carboxylic acids is 2. The van der Waals surface area contributed by atoms with Gasteiger partial charge in [0.05, 0.1) is 12.8 Å². The van der Waals surface area contributed by atoms with Gasteiger partial charge in [0.1, 0.15) is 24.2 Å². The van der Waals surface area contributed by atoms with Crippen molar-refractivity contribution in [2.75, 3.05) is 32.1 Å². The third-order valence-electron chi connectivity index (χ3n) is 5.80. The smallest absolute Gasteiger partial charge is 0.304 e. The molecule has 0 radical (unpaired) electrons. The Kier molecular flexibility index (Phi) is 10.2. The molecule has 9 nitrogen and oxygen atoms in total. The number of benzene rings is 2. The molecule has 0 spiro atoms. The molecule has 2 unspecified atom stereocenters. The molecule has 0 saturated heterocycles. The van der Waals surface area contributed by atoms with E-state index in [1.54, 1.807) is 31.2 Å². The van der Waals surface area contributed by atoms with Crippen molar-refractivity contribution in [3.63, 3.8) is 0 Å². The molecule has 2 amide bonds. The largest absolute Gasteiger partial charge is 0.497 e. The van der Waals surface area contributed by atoms with Crippen LogP contribution in [0.3, 0.4) is 0 Å². The lowest BCUT2D eigenvalue weighted by atomic mass is 10.1. The first-order chi connectivity index (χ1) is 16.9. The van der Waals surface area contributed by atoms with Gasteiger partial charge in [0, 0.05) is 26.7 Å². The van der Waals surface area contributed by atoms with E-state index in [-0.39, 0.29) is 24.2 Å². The van der Waals surface area contributed by atoms with Gasteiger partial charge in [-0.3, -0.25) is 9.59 Å². The molecule has 11 heteroatoms. The number of ether oxygens (including phenoxy) is 1. The molecule has 0 saturated carbocycles. The summed E-state index contributed by atoms with van der Waals surface area (Å²) in [5.74, 6) is -1.27. The molecular weight excluding hydrogens is 487 g/mol. The number of anilines is 1. The number of para-hydroxylation sites is 1. The summed E-state index contributed by atoms with van der Waals surface area (Å²) in [6.45, 7) is 4.66. The third-order valence-corrected chi connectivity index (χ3v) is 7.60. The fourth-order valence-electron chi connectivity index (χ4n) is 3.37. The highest BCUT2D eigenvalue weighted by atomic mass is 32.2. The van der Waals surface area contributed by atoms with Gasteiger partial charge in [0.2, 0.25) is 11.8 Å². The lowest BCUT2D eigenvalue weighted by molar-refractivity contribution is -0.139. The van der Waals surface area contributed by atoms with Crippen LogP contribution >= 0.6 is 0 Å². The highest BCUT2D eigenvalue weighted by Gasteiger charge is 2.33. The normalized spacial score (nSPS) is 13.1. The Morgan fingerprint density at radius 1 is 1.08 bits per heavy atom. The Hall–Kier alpha value is -3.18. The van der Waals surface area contributed by atoms with Crippen molar-refractivity contribution in [3.05, 3.63) is 59.9 Å². The average Bonchev–Trinajstić information content (AvgIpc) is 2.85. The molecule has 36 heavy (non-hydrogen) atoms. The van der Waals surface area contributed by atoms with E-state index in [2.05, 4.69) is 5.32 Å². The lowest BCUT2D eigenvalue weighted by Crippen LogP contribution is -2.53. The van der Waals surface area contributed by atoms with E-state index in [4.69, 9.17) is 4.74 Å². The van der Waals surface area contributed by atoms with E-state index in [0.717, 1.165) is 10.4 Å². The summed E-state index contributed by atoms with van der Waals surface area (Å²) in [5.41, 5.74) is 0.413. The summed E-state index contributed by atoms with van der Waals surface area (Å²) in [7, 11) is -0.129. The Balaban J connectivity index is 2.48. The molecule has 2 aromatic carbocycles. The molecule has 0 fully saturated rings. The summed E-state index contributed by atoms with van der Waals surface area (Å²) in [4.78, 5) is 27.9. The Labute approximate surface area is 213 Å². The Morgan fingerprint density at radius 3 is 2.33 bits per heavy atom. The molecule has 2 atom stereocenters. The second kappa shape index (κ2) is 12.7. The van der Waals surface area contributed by atoms with Crippen LogP contribution in [-0.4, -0.2) is 69.3 Å². The zero-order chi connectivity index (χ0) is 27.0. The van der Waals surface area contributed by atoms with E-state index in [0.29, 0.717) is 22.0 Å². The monoisotopic (exact) mass is 522 g/mol. The van der Waals surface area contributed by atoms with Gasteiger partial charge < -0.3 is 15.0 Å². The Morgan fingerprint density at radius 2 is 1.75 bits per heavy atom. The van der Waals surface area contributed by atoms with Gasteiger partial charge in [0.25, 0.3) is 0 Å². The highest BCUT2D eigenvalue weighted by molar-refractivity contribution is 7.90. The molecule has 0 heterocycles. The first-order valence-corrected chi connectivity index (χ1v) is 13.0. The number of nitrogens with one attached hydrogen (secondary N) is 1. The second-order valence-corrected chi connectivity index (χ2v) is 10.7. The number of amides is 2. The zero-order valence-electron chi connectivity index (χ0n) is 21.6. The van der Waals surface area contributed by atoms with Gasteiger partial charge in [-0.05, 0) is 50.1 Å². The van der Waals surface area contributed by atoms with Gasteiger partial charge in [-0.15, -0.1) is 0 Å². The number of carbonyl (C=O) groups is 2. The van der Waals surface area contributed by atoms with Crippen LogP contribution in [0.25, 0.3) is 0 Å². The fraction of sp³-hybridized carbons (Fsp3) is 0.440. The molecule has 0 aliphatic rings. The van der Waals surface area contributed by atoms with Crippen molar-refractivity contribution >= 4 is 27.7 Å². The maximum absolute atomic E-state index is 14.7. The minimum Gasteiger partial charge on any atom is -0.497 e. The molecule has 0 bridgehead atoms. The summed E-state index contributed by atoms with van der Waals surface area (Å²) in [6, 6.07) is 11.3. The zero-order valence-corrected chi connectivity index (χ0v) is 22.4. The van der Waals surface area contributed by atoms with Crippen LogP contribution < -0.4 is 14.4 Å². The van der Waals surface area contributed by atoms with Crippen LogP contribution in [0.5, 0.6) is 5.75 Å². The number of rotatable bonds is 12. The predicted molar refractivity (Wildman–Crippen MR) is 137 cm³/mol. The molecule has 2 aromatic rings. The van der Waals surface area contributed by atoms with Crippen molar-refractivity contribution in [1.82, 2.24) is 14.5 Å². The van der Waals surface area contributed by atoms with E-state index < -0.39 is 34.5 Å². The standard InChI is InChI=1S/C25H35FN4O5S/c1-7-18(2)27-25(32)19(3)29(16-20-11-10-12-21(15-20)35-6)24(31)17-30(36(33,34)28(4)5)23-14-9-8-13-22(23)26/h8-15,18-19H,7,16-17H2,1-6H3,(H,27,32). The van der Waals surface area contributed by atoms with Crippen LogP contribution in [0.2, 0.25) is 0 Å². The van der Waals surface area contributed by atoms with E-state index in [1.165, 1.54) is 44.3 Å². The molecule has 2 rings (SSSR count). The van der Waals surface area contributed by atoms with Crippen molar-refractivity contribution < 1.29 is 27.1 Å². The molecule has 0 aliphatic heterocycles. The molecule has 0 aliphatic carbocycles. The fourth-order valence-corrected chi connectivity index (χ4v) is 4.44. The Bertz CT molecular complexity index is 1160. The van der Waals surface area contributed by atoms with Crippen LogP contribution in [-0.2, 0) is 26.3 Å². The quantitative estimate of drug-likeness (QED) is 0.462. The summed E-state index contributed by atoms with van der Waals surface area (Å²) in [5, 5.41) is 2.86. The molecule has 1 N–H and O–H groups in total. The maximum atomic E-state index is 14.7. The lowest BCUT2D eigenvalue weighted by Gasteiger charge is -2.33. The van der Waals surface area contributed by atoms with Crippen LogP contribution in [0.1, 0.15) is 32.8 Å². The third kappa shape index (κ3) is 7.17. The summed E-state index contributed by atoms with van der Waals surface area (Å²) < 4.78 is 47.7. The van der Waals surface area contributed by atoms with Crippen molar-refractivity contribution in [3.8, 4) is 5.75 Å². The highest BCUT2D eigenvalue weighted by Crippen LogP contribution is 2.24. The predicted octanol–water partition coefficient (Wildman–Crippen LogP) is 2.78. The topological polar surface area (TPSA) is 99.3 Å². The number of hydrogen-bond acceptors (Lipinski definition) is 5. The minimum atomic E-state index is -4.24. The summed E-state index contributed by atoms with van der Waals surface area (Å²) >= 11 is 0. The molecule has 198 valence electrons. The van der Waals surface area contributed by atoms with Gasteiger partial charge in [-0.25, -0.2) is 8.70 Å². The number of halogens is 1. The van der Waals surface area contributed by atoms with Crippen LogP contribution in [0, 0.1) is 5.82 Å². The maximum Gasteiger partial charge on any atom is 0.304 e. The first kappa shape index (κ1) is 29.1. The first-order valence-electron chi connectivity index (χ1n) is 11.6. The van der Waals surface area contributed by atoms with Crippen molar-refractivity contribution in [2.24, 2.45) is 0 Å². The molecule has 0 aromatic heterocycles. The second-order valence-electron chi connectivity index (χ2n) is 8.62. The van der Waals surface area contributed by atoms with Gasteiger partial charge in [0.15, 0.2) is 0 Å². The molecular formula is C25H35FN4O5S. The van der Waals surface area contributed by atoms with Gasteiger partial charge in [-0.1, -0.05) is 31.2 Å². The van der Waals surface area contributed by atoms with Crippen LogP contribution in [0.4, 0.5) is 10.1 Å². The van der Waals surface area contributed by atoms with E-state index in [9.17, 15) is 22.4 Å². The van der Waals surface area contributed by atoms with Crippen molar-refractivity contribution in [2.45, 2.75) is 45.8 Å². The van der Waals surface area contributed by atoms with Crippen molar-refractivity contribution in [1.29, 1.82) is 0 Å². The SMILES string of the molecule is CCC(C)NC(=O)C(C)N(Cc1cccc(OC)c1)C(=O)CN(c1ccccc1F)S(=O)(=O)N(C)C. The number of hydrogen-bond donors (Lipinski definition) is 1. The van der Waals surface area contributed by atoms with E-state index >= 15 is 0 Å². The van der Waals surface area contributed by atoms with Gasteiger partial charge in [-0.2, -0.15) is 12.7 Å². The van der Waals surface area contributed by atoms with Crippen LogP contribution in [0.15, 0.2) is 48.5 Å². The number of methoxy groups -OCH3 is 1.